The average Bonchev–Trinajstić information content (AvgIpc) is 2.48. The summed E-state index contributed by atoms with van der Waals surface area (Å²) < 4.78 is 4.98. The molecule has 0 radical (unpaired) electrons. The number of anilines is 1. The summed E-state index contributed by atoms with van der Waals surface area (Å²) in [4.78, 5) is 8.64. The summed E-state index contributed by atoms with van der Waals surface area (Å²) in [6.45, 7) is 7.98. The van der Waals surface area contributed by atoms with Gasteiger partial charge < -0.3 is 10.1 Å². The van der Waals surface area contributed by atoms with Crippen LogP contribution in [0.2, 0.25) is 0 Å². The molecule has 21 heavy (non-hydrogen) atoms. The van der Waals surface area contributed by atoms with Crippen LogP contribution in [0.25, 0.3) is 11.1 Å². The van der Waals surface area contributed by atoms with Gasteiger partial charge in [0.2, 0.25) is 5.95 Å². The van der Waals surface area contributed by atoms with Crippen molar-refractivity contribution in [3.8, 4) is 11.1 Å². The van der Waals surface area contributed by atoms with E-state index in [2.05, 4.69) is 60.3 Å². The Morgan fingerprint density at radius 1 is 1.00 bits per heavy atom. The summed E-state index contributed by atoms with van der Waals surface area (Å²) >= 11 is 0. The lowest BCUT2D eigenvalue weighted by Crippen LogP contribution is -2.10. The Bertz CT molecular complexity index is 556. The van der Waals surface area contributed by atoms with E-state index in [0.717, 1.165) is 11.1 Å². The molecule has 0 aliphatic rings. The van der Waals surface area contributed by atoms with Crippen LogP contribution in [0, 0.1) is 0 Å². The van der Waals surface area contributed by atoms with Gasteiger partial charge in [-0.15, -0.1) is 0 Å². The van der Waals surface area contributed by atoms with Crippen LogP contribution >= 0.6 is 0 Å². The van der Waals surface area contributed by atoms with Gasteiger partial charge in [-0.3, -0.25) is 0 Å². The molecular weight excluding hydrogens is 262 g/mol. The van der Waals surface area contributed by atoms with Crippen molar-refractivity contribution in [1.29, 1.82) is 0 Å². The first kappa shape index (κ1) is 15.4. The number of hydrogen-bond acceptors (Lipinski definition) is 4. The van der Waals surface area contributed by atoms with Crippen LogP contribution in [0.15, 0.2) is 36.7 Å². The van der Waals surface area contributed by atoms with Gasteiger partial charge in [0.1, 0.15) is 0 Å². The molecule has 0 unspecified atom stereocenters. The van der Waals surface area contributed by atoms with Gasteiger partial charge in [-0.25, -0.2) is 9.97 Å². The summed E-state index contributed by atoms with van der Waals surface area (Å²) in [5.41, 5.74) is 3.65. The second-order valence-electron chi connectivity index (χ2n) is 6.04. The van der Waals surface area contributed by atoms with Crippen LogP contribution in [-0.2, 0) is 10.2 Å². The second kappa shape index (κ2) is 6.68. The minimum absolute atomic E-state index is 0.171. The molecule has 1 aromatic carbocycles. The molecule has 2 rings (SSSR count). The fourth-order valence-corrected chi connectivity index (χ4v) is 2.00. The van der Waals surface area contributed by atoms with Gasteiger partial charge in [0.05, 0.1) is 6.61 Å². The van der Waals surface area contributed by atoms with Crippen molar-refractivity contribution >= 4 is 5.95 Å². The summed E-state index contributed by atoms with van der Waals surface area (Å²) in [6.07, 6.45) is 3.68. The van der Waals surface area contributed by atoms with Crippen LogP contribution in [0.4, 0.5) is 5.95 Å². The van der Waals surface area contributed by atoms with E-state index in [1.54, 1.807) is 7.11 Å². The minimum atomic E-state index is 0.171. The number of nitrogens with zero attached hydrogens (tertiary/aromatic N) is 2. The predicted octanol–water partition coefficient (Wildman–Crippen LogP) is 3.50. The monoisotopic (exact) mass is 285 g/mol. The molecule has 2 aromatic rings. The number of ether oxygens (including phenoxy) is 1. The first-order valence-corrected chi connectivity index (χ1v) is 7.16. The normalized spacial score (nSPS) is 11.4. The van der Waals surface area contributed by atoms with E-state index < -0.39 is 0 Å². The average molecular weight is 285 g/mol. The molecule has 0 spiro atoms. The molecule has 1 N–H and O–H groups in total. The minimum Gasteiger partial charge on any atom is -0.383 e. The largest absolute Gasteiger partial charge is 0.383 e. The standard InChI is InChI=1S/C17H23N3O/c1-17(2,3)15-7-5-13(6-8-15)14-11-19-16(20-12-14)18-9-10-21-4/h5-8,11-12H,9-10H2,1-4H3,(H,18,19,20). The van der Waals surface area contributed by atoms with Crippen LogP contribution in [-0.4, -0.2) is 30.2 Å². The Morgan fingerprint density at radius 3 is 2.14 bits per heavy atom. The zero-order valence-electron chi connectivity index (χ0n) is 13.2. The third-order valence-electron chi connectivity index (χ3n) is 3.33. The van der Waals surface area contributed by atoms with Crippen LogP contribution in [0.1, 0.15) is 26.3 Å². The number of aromatic nitrogens is 2. The van der Waals surface area contributed by atoms with E-state index in [1.807, 2.05) is 12.4 Å². The topological polar surface area (TPSA) is 47.0 Å². The smallest absolute Gasteiger partial charge is 0.222 e. The molecule has 4 heteroatoms. The van der Waals surface area contributed by atoms with Crippen LogP contribution in [0.5, 0.6) is 0 Å². The zero-order valence-corrected chi connectivity index (χ0v) is 13.2. The van der Waals surface area contributed by atoms with Gasteiger partial charge in [-0.1, -0.05) is 45.0 Å². The van der Waals surface area contributed by atoms with Crippen molar-refractivity contribution in [3.63, 3.8) is 0 Å². The number of benzene rings is 1. The second-order valence-corrected chi connectivity index (χ2v) is 6.04. The highest BCUT2D eigenvalue weighted by molar-refractivity contribution is 5.62. The van der Waals surface area contributed by atoms with E-state index in [-0.39, 0.29) is 5.41 Å². The van der Waals surface area contributed by atoms with Crippen LogP contribution < -0.4 is 5.32 Å². The highest BCUT2D eigenvalue weighted by Gasteiger charge is 2.13. The summed E-state index contributed by atoms with van der Waals surface area (Å²) in [5.74, 6) is 0.627. The first-order valence-electron chi connectivity index (χ1n) is 7.16. The fourth-order valence-electron chi connectivity index (χ4n) is 2.00. The third kappa shape index (κ3) is 4.26. The Morgan fingerprint density at radius 2 is 1.62 bits per heavy atom. The van der Waals surface area contributed by atoms with Gasteiger partial charge in [-0.2, -0.15) is 0 Å². The molecule has 1 heterocycles. The molecule has 0 saturated carbocycles. The number of hydrogen-bond donors (Lipinski definition) is 1. The molecule has 0 atom stereocenters. The molecule has 0 aliphatic carbocycles. The highest BCUT2D eigenvalue weighted by atomic mass is 16.5. The molecule has 0 amide bonds. The predicted molar refractivity (Wildman–Crippen MR) is 86.5 cm³/mol. The number of nitrogens with one attached hydrogen (secondary N) is 1. The van der Waals surface area contributed by atoms with Gasteiger partial charge >= 0.3 is 0 Å². The zero-order chi connectivity index (χ0) is 15.3. The van der Waals surface area contributed by atoms with Gasteiger partial charge in [0, 0.05) is 31.6 Å². The lowest BCUT2D eigenvalue weighted by molar-refractivity contribution is 0.210. The maximum Gasteiger partial charge on any atom is 0.222 e. The lowest BCUT2D eigenvalue weighted by atomic mass is 9.86. The van der Waals surface area contributed by atoms with Crippen molar-refractivity contribution in [3.05, 3.63) is 42.2 Å². The van der Waals surface area contributed by atoms with Crippen molar-refractivity contribution in [2.45, 2.75) is 26.2 Å². The maximum absolute atomic E-state index is 4.98. The quantitative estimate of drug-likeness (QED) is 0.854. The van der Waals surface area contributed by atoms with Crippen molar-refractivity contribution in [1.82, 2.24) is 9.97 Å². The molecule has 0 bridgehead atoms. The SMILES string of the molecule is COCCNc1ncc(-c2ccc(C(C)(C)C)cc2)cn1. The van der Waals surface area contributed by atoms with E-state index in [0.29, 0.717) is 19.1 Å². The number of methoxy groups -OCH3 is 1. The molecule has 0 fully saturated rings. The summed E-state index contributed by atoms with van der Waals surface area (Å²) in [6, 6.07) is 8.58. The van der Waals surface area contributed by atoms with Crippen LogP contribution in [0.3, 0.4) is 0 Å². The van der Waals surface area contributed by atoms with E-state index >= 15 is 0 Å². The summed E-state index contributed by atoms with van der Waals surface area (Å²) in [7, 11) is 1.67. The number of rotatable bonds is 5. The Hall–Kier alpha value is -1.94. The Balaban J connectivity index is 2.08. The molecule has 1 aromatic heterocycles. The van der Waals surface area contributed by atoms with Crippen molar-refractivity contribution < 1.29 is 4.74 Å². The molecule has 4 nitrogen and oxygen atoms in total. The maximum atomic E-state index is 4.98. The summed E-state index contributed by atoms with van der Waals surface area (Å²) in [5, 5.41) is 3.11. The van der Waals surface area contributed by atoms with Gasteiger partial charge in [-0.05, 0) is 16.5 Å². The molecule has 0 aliphatic heterocycles. The Labute approximate surface area is 126 Å². The highest BCUT2D eigenvalue weighted by Crippen LogP contribution is 2.25. The van der Waals surface area contributed by atoms with Crippen molar-refractivity contribution in [2.75, 3.05) is 25.6 Å². The first-order chi connectivity index (χ1) is 10.0. The lowest BCUT2D eigenvalue weighted by Gasteiger charge is -2.19. The fraction of sp³-hybridized carbons (Fsp3) is 0.412. The van der Waals surface area contributed by atoms with E-state index in [1.165, 1.54) is 5.56 Å². The van der Waals surface area contributed by atoms with E-state index in [4.69, 9.17) is 4.74 Å². The molecular formula is C17H23N3O. The van der Waals surface area contributed by atoms with Gasteiger partial charge in [0.15, 0.2) is 0 Å². The van der Waals surface area contributed by atoms with E-state index in [9.17, 15) is 0 Å². The molecule has 112 valence electrons. The molecule has 0 saturated heterocycles. The Kier molecular flexibility index (Phi) is 4.91. The van der Waals surface area contributed by atoms with Crippen molar-refractivity contribution in [2.24, 2.45) is 0 Å². The van der Waals surface area contributed by atoms with Gasteiger partial charge in [0.25, 0.3) is 0 Å². The third-order valence-corrected chi connectivity index (χ3v) is 3.33.